The third-order valence-corrected chi connectivity index (χ3v) is 4.85. The number of hydrogen-bond donors (Lipinski definition) is 1. The zero-order valence-corrected chi connectivity index (χ0v) is 16.7. The number of piperazine rings is 1. The van der Waals surface area contributed by atoms with Gasteiger partial charge in [-0.15, -0.1) is 0 Å². The summed E-state index contributed by atoms with van der Waals surface area (Å²) in [4.78, 5) is 16.6. The minimum atomic E-state index is -0.0199. The van der Waals surface area contributed by atoms with Crippen molar-refractivity contribution in [1.82, 2.24) is 15.1 Å². The number of aryl methyl sites for hydroxylation is 1. The number of benzene rings is 2. The largest absolute Gasteiger partial charge is 0.497 e. The Bertz CT molecular complexity index is 756. The van der Waals surface area contributed by atoms with Gasteiger partial charge in [-0.3, -0.25) is 4.90 Å². The first-order valence-corrected chi connectivity index (χ1v) is 9.71. The van der Waals surface area contributed by atoms with E-state index in [4.69, 9.17) is 9.47 Å². The number of nitrogens with zero attached hydrogens (tertiary/aromatic N) is 2. The van der Waals surface area contributed by atoms with Crippen molar-refractivity contribution in [2.24, 2.45) is 0 Å². The van der Waals surface area contributed by atoms with Gasteiger partial charge in [0.15, 0.2) is 0 Å². The van der Waals surface area contributed by atoms with Crippen molar-refractivity contribution in [3.05, 3.63) is 59.7 Å². The zero-order chi connectivity index (χ0) is 19.8. The summed E-state index contributed by atoms with van der Waals surface area (Å²) >= 11 is 0. The second kappa shape index (κ2) is 9.99. The van der Waals surface area contributed by atoms with Gasteiger partial charge in [0.2, 0.25) is 0 Å². The Labute approximate surface area is 167 Å². The average Bonchev–Trinajstić information content (AvgIpc) is 2.72. The van der Waals surface area contributed by atoms with Crippen LogP contribution in [0, 0.1) is 6.92 Å². The van der Waals surface area contributed by atoms with Crippen LogP contribution in [0.3, 0.4) is 0 Å². The third-order valence-electron chi connectivity index (χ3n) is 4.85. The summed E-state index contributed by atoms with van der Waals surface area (Å²) in [6.45, 7) is 7.25. The van der Waals surface area contributed by atoms with Crippen LogP contribution in [0.25, 0.3) is 0 Å². The van der Waals surface area contributed by atoms with Crippen LogP contribution in [-0.4, -0.2) is 62.3 Å². The number of carbonyl (C=O) groups excluding carboxylic acids is 1. The molecule has 0 spiro atoms. The fourth-order valence-corrected chi connectivity index (χ4v) is 3.29. The minimum absolute atomic E-state index is 0.0199. The highest BCUT2D eigenvalue weighted by molar-refractivity contribution is 5.74. The second-order valence-corrected chi connectivity index (χ2v) is 7.01. The summed E-state index contributed by atoms with van der Waals surface area (Å²) in [6.07, 6.45) is 0. The zero-order valence-electron chi connectivity index (χ0n) is 16.7. The molecule has 6 heteroatoms. The third kappa shape index (κ3) is 5.89. The van der Waals surface area contributed by atoms with E-state index in [2.05, 4.69) is 41.4 Å². The number of amides is 2. The van der Waals surface area contributed by atoms with Crippen LogP contribution in [0.4, 0.5) is 4.79 Å². The van der Waals surface area contributed by atoms with Crippen molar-refractivity contribution >= 4 is 6.03 Å². The monoisotopic (exact) mass is 383 g/mol. The van der Waals surface area contributed by atoms with E-state index in [0.29, 0.717) is 13.2 Å². The maximum absolute atomic E-state index is 12.3. The van der Waals surface area contributed by atoms with Gasteiger partial charge in [-0.25, -0.2) is 4.79 Å². The Morgan fingerprint density at radius 3 is 2.43 bits per heavy atom. The quantitative estimate of drug-likeness (QED) is 0.747. The fourth-order valence-electron chi connectivity index (χ4n) is 3.29. The average molecular weight is 383 g/mol. The van der Waals surface area contributed by atoms with Gasteiger partial charge in [-0.1, -0.05) is 29.8 Å². The molecule has 28 heavy (non-hydrogen) atoms. The van der Waals surface area contributed by atoms with E-state index < -0.39 is 0 Å². The molecule has 1 aliphatic heterocycles. The molecule has 1 fully saturated rings. The van der Waals surface area contributed by atoms with Crippen molar-refractivity contribution in [1.29, 1.82) is 0 Å². The van der Waals surface area contributed by atoms with Crippen LogP contribution in [-0.2, 0) is 6.54 Å². The maximum Gasteiger partial charge on any atom is 0.317 e. The number of nitrogens with one attached hydrogen (secondary N) is 1. The lowest BCUT2D eigenvalue weighted by atomic mass is 10.1. The van der Waals surface area contributed by atoms with Gasteiger partial charge < -0.3 is 19.7 Å². The van der Waals surface area contributed by atoms with Gasteiger partial charge >= 0.3 is 6.03 Å². The van der Waals surface area contributed by atoms with E-state index in [1.54, 1.807) is 7.11 Å². The van der Waals surface area contributed by atoms with Crippen LogP contribution >= 0.6 is 0 Å². The molecule has 2 aromatic carbocycles. The number of rotatable bonds is 7. The summed E-state index contributed by atoms with van der Waals surface area (Å²) in [5.74, 6) is 1.56. The Kier molecular flexibility index (Phi) is 7.14. The van der Waals surface area contributed by atoms with Crippen molar-refractivity contribution in [3.63, 3.8) is 0 Å². The summed E-state index contributed by atoms with van der Waals surface area (Å²) in [6, 6.07) is 16.0. The molecule has 0 unspecified atom stereocenters. The van der Waals surface area contributed by atoms with E-state index in [1.165, 1.54) is 11.1 Å². The van der Waals surface area contributed by atoms with E-state index in [-0.39, 0.29) is 6.03 Å². The topological polar surface area (TPSA) is 54.0 Å². The predicted octanol–water partition coefficient (Wildman–Crippen LogP) is 2.91. The molecule has 2 aromatic rings. The van der Waals surface area contributed by atoms with Crippen LogP contribution in [0.5, 0.6) is 11.5 Å². The van der Waals surface area contributed by atoms with E-state index in [0.717, 1.165) is 44.2 Å². The summed E-state index contributed by atoms with van der Waals surface area (Å²) in [7, 11) is 1.63. The fraction of sp³-hybridized carbons (Fsp3) is 0.409. The Balaban J connectivity index is 1.33. The lowest BCUT2D eigenvalue weighted by molar-refractivity contribution is 0.134. The van der Waals surface area contributed by atoms with Crippen LogP contribution in [0.15, 0.2) is 48.5 Å². The molecule has 3 rings (SSSR count). The predicted molar refractivity (Wildman–Crippen MR) is 110 cm³/mol. The molecule has 0 saturated carbocycles. The van der Waals surface area contributed by atoms with Crippen molar-refractivity contribution in [3.8, 4) is 11.5 Å². The first kappa shape index (κ1) is 20.0. The van der Waals surface area contributed by atoms with Gasteiger partial charge in [0.25, 0.3) is 0 Å². The summed E-state index contributed by atoms with van der Waals surface area (Å²) < 4.78 is 10.8. The summed E-state index contributed by atoms with van der Waals surface area (Å²) in [5.41, 5.74) is 2.61. The lowest BCUT2D eigenvalue weighted by Gasteiger charge is -2.34. The van der Waals surface area contributed by atoms with Gasteiger partial charge in [-0.2, -0.15) is 0 Å². The molecular weight excluding hydrogens is 354 g/mol. The molecule has 1 heterocycles. The van der Waals surface area contributed by atoms with Crippen molar-refractivity contribution < 1.29 is 14.3 Å². The van der Waals surface area contributed by atoms with Crippen LogP contribution in [0.1, 0.15) is 11.1 Å². The smallest absolute Gasteiger partial charge is 0.317 e. The first-order chi connectivity index (χ1) is 13.6. The molecule has 1 saturated heterocycles. The summed E-state index contributed by atoms with van der Waals surface area (Å²) in [5, 5.41) is 2.94. The minimum Gasteiger partial charge on any atom is -0.497 e. The van der Waals surface area contributed by atoms with Gasteiger partial charge in [0, 0.05) is 32.7 Å². The van der Waals surface area contributed by atoms with E-state index in [9.17, 15) is 4.79 Å². The van der Waals surface area contributed by atoms with Gasteiger partial charge in [0.1, 0.15) is 18.1 Å². The van der Waals surface area contributed by atoms with Gasteiger partial charge in [-0.05, 0) is 36.8 Å². The molecule has 1 aliphatic rings. The molecule has 0 radical (unpaired) electrons. The SMILES string of the molecule is COc1ccc(OCCNC(=O)N2CCN(Cc3cccc(C)c3)CC2)cc1. The van der Waals surface area contributed by atoms with Crippen molar-refractivity contribution in [2.75, 3.05) is 46.4 Å². The van der Waals surface area contributed by atoms with Crippen molar-refractivity contribution in [2.45, 2.75) is 13.5 Å². The number of methoxy groups -OCH3 is 1. The van der Waals surface area contributed by atoms with E-state index in [1.807, 2.05) is 29.2 Å². The Morgan fingerprint density at radius 1 is 1.04 bits per heavy atom. The molecule has 6 nitrogen and oxygen atoms in total. The highest BCUT2D eigenvalue weighted by Gasteiger charge is 2.20. The number of ether oxygens (including phenoxy) is 2. The number of hydrogen-bond acceptors (Lipinski definition) is 4. The molecule has 0 aromatic heterocycles. The Morgan fingerprint density at radius 2 is 1.75 bits per heavy atom. The van der Waals surface area contributed by atoms with Gasteiger partial charge in [0.05, 0.1) is 13.7 Å². The number of carbonyl (C=O) groups is 1. The molecule has 0 bridgehead atoms. The molecule has 150 valence electrons. The highest BCUT2D eigenvalue weighted by Crippen LogP contribution is 2.16. The maximum atomic E-state index is 12.3. The van der Waals surface area contributed by atoms with E-state index >= 15 is 0 Å². The normalized spacial score (nSPS) is 14.6. The Hall–Kier alpha value is -2.73. The standard InChI is InChI=1S/C22H29N3O3/c1-18-4-3-5-19(16-18)17-24-11-13-25(14-12-24)22(26)23-10-15-28-21-8-6-20(27-2)7-9-21/h3-9,16H,10-15,17H2,1-2H3,(H,23,26). The molecular formula is C22H29N3O3. The molecule has 0 aliphatic carbocycles. The first-order valence-electron chi connectivity index (χ1n) is 9.71. The lowest BCUT2D eigenvalue weighted by Crippen LogP contribution is -2.51. The van der Waals surface area contributed by atoms with Crippen LogP contribution < -0.4 is 14.8 Å². The second-order valence-electron chi connectivity index (χ2n) is 7.01. The molecule has 1 N–H and O–H groups in total. The molecule has 0 atom stereocenters. The van der Waals surface area contributed by atoms with Crippen LogP contribution in [0.2, 0.25) is 0 Å². The molecule has 2 amide bonds. The number of urea groups is 1. The highest BCUT2D eigenvalue weighted by atomic mass is 16.5.